The maximum Gasteiger partial charge on any atom is 0.330 e. The Kier molecular flexibility index (Phi) is 5.17. The van der Waals surface area contributed by atoms with Crippen molar-refractivity contribution in [2.75, 3.05) is 18.2 Å². The van der Waals surface area contributed by atoms with Crippen LogP contribution in [-0.2, 0) is 20.8 Å². The highest BCUT2D eigenvalue weighted by Crippen LogP contribution is 2.29. The molecule has 8 heteroatoms. The summed E-state index contributed by atoms with van der Waals surface area (Å²) in [5.74, 6) is 0.0145. The Bertz CT molecular complexity index is 708. The molecule has 2 aliphatic rings. The van der Waals surface area contributed by atoms with Gasteiger partial charge in [-0.3, -0.25) is 9.59 Å². The lowest BCUT2D eigenvalue weighted by atomic mass is 10.0. The number of fused-ring (bicyclic) bond motifs is 1. The van der Waals surface area contributed by atoms with Gasteiger partial charge in [-0.15, -0.1) is 11.8 Å². The molecule has 1 saturated heterocycles. The summed E-state index contributed by atoms with van der Waals surface area (Å²) in [6.07, 6.45) is 1.04. The third-order valence-corrected chi connectivity index (χ3v) is 5.40. The SMILES string of the molecule is CCC(=O)N1CSCC1C(=O)NC(C(=O)O)c1ccc2c(c1)CCO2. The van der Waals surface area contributed by atoms with Gasteiger partial charge in [-0.1, -0.05) is 13.0 Å². The highest BCUT2D eigenvalue weighted by molar-refractivity contribution is 7.99. The van der Waals surface area contributed by atoms with Crippen LogP contribution in [-0.4, -0.2) is 52.1 Å². The van der Waals surface area contributed by atoms with E-state index in [1.165, 1.54) is 16.7 Å². The molecule has 1 aromatic carbocycles. The number of hydrogen-bond acceptors (Lipinski definition) is 5. The van der Waals surface area contributed by atoms with Gasteiger partial charge in [-0.25, -0.2) is 4.79 Å². The minimum absolute atomic E-state index is 0.105. The van der Waals surface area contributed by atoms with Crippen LogP contribution in [0.3, 0.4) is 0 Å². The van der Waals surface area contributed by atoms with Crippen molar-refractivity contribution in [3.8, 4) is 5.75 Å². The number of carboxylic acids is 1. The van der Waals surface area contributed by atoms with Crippen LogP contribution in [0.15, 0.2) is 18.2 Å². The van der Waals surface area contributed by atoms with Gasteiger partial charge in [-0.05, 0) is 23.3 Å². The van der Waals surface area contributed by atoms with Crippen molar-refractivity contribution >= 4 is 29.5 Å². The normalized spacial score (nSPS) is 19.9. The smallest absolute Gasteiger partial charge is 0.330 e. The Morgan fingerprint density at radius 1 is 1.44 bits per heavy atom. The van der Waals surface area contributed by atoms with Gasteiger partial charge in [0.25, 0.3) is 0 Å². The number of carboxylic acid groups (broad SMARTS) is 1. The van der Waals surface area contributed by atoms with Crippen LogP contribution in [0.25, 0.3) is 0 Å². The molecule has 1 fully saturated rings. The van der Waals surface area contributed by atoms with Gasteiger partial charge < -0.3 is 20.1 Å². The lowest BCUT2D eigenvalue weighted by molar-refractivity contribution is -0.143. The number of carbonyl (C=O) groups excluding carboxylic acids is 2. The molecule has 134 valence electrons. The first-order chi connectivity index (χ1) is 12.0. The second-order valence-electron chi connectivity index (χ2n) is 5.98. The van der Waals surface area contributed by atoms with Gasteiger partial charge in [0.05, 0.1) is 12.5 Å². The summed E-state index contributed by atoms with van der Waals surface area (Å²) in [5, 5.41) is 12.1. The average molecular weight is 364 g/mol. The Morgan fingerprint density at radius 2 is 2.24 bits per heavy atom. The summed E-state index contributed by atoms with van der Waals surface area (Å²) in [4.78, 5) is 37.7. The predicted octanol–water partition coefficient (Wildman–Crippen LogP) is 1.17. The Morgan fingerprint density at radius 3 is 2.96 bits per heavy atom. The van der Waals surface area contributed by atoms with E-state index in [1.54, 1.807) is 25.1 Å². The number of hydrogen-bond donors (Lipinski definition) is 2. The number of thioether (sulfide) groups is 1. The summed E-state index contributed by atoms with van der Waals surface area (Å²) >= 11 is 1.49. The fourth-order valence-corrected chi connectivity index (χ4v) is 4.20. The fraction of sp³-hybridized carbons (Fsp3) is 0.471. The molecule has 25 heavy (non-hydrogen) atoms. The van der Waals surface area contributed by atoms with Crippen LogP contribution in [0, 0.1) is 0 Å². The van der Waals surface area contributed by atoms with Crippen LogP contribution >= 0.6 is 11.8 Å². The minimum Gasteiger partial charge on any atom is -0.493 e. The molecule has 0 aliphatic carbocycles. The number of nitrogens with one attached hydrogen (secondary N) is 1. The highest BCUT2D eigenvalue weighted by Gasteiger charge is 2.36. The van der Waals surface area contributed by atoms with E-state index in [0.717, 1.165) is 17.7 Å². The largest absolute Gasteiger partial charge is 0.493 e. The molecule has 2 amide bonds. The summed E-state index contributed by atoms with van der Waals surface area (Å²) in [5.41, 5.74) is 1.45. The number of rotatable bonds is 5. The first-order valence-corrected chi connectivity index (χ1v) is 9.32. The summed E-state index contributed by atoms with van der Waals surface area (Å²) < 4.78 is 5.43. The van der Waals surface area contributed by atoms with Crippen LogP contribution in [0.2, 0.25) is 0 Å². The fourth-order valence-electron chi connectivity index (χ4n) is 3.02. The van der Waals surface area contributed by atoms with Gasteiger partial charge >= 0.3 is 5.97 Å². The van der Waals surface area contributed by atoms with E-state index >= 15 is 0 Å². The van der Waals surface area contributed by atoms with E-state index in [0.29, 0.717) is 30.2 Å². The van der Waals surface area contributed by atoms with E-state index in [4.69, 9.17) is 4.74 Å². The van der Waals surface area contributed by atoms with Crippen LogP contribution in [0.5, 0.6) is 5.75 Å². The van der Waals surface area contributed by atoms with Gasteiger partial charge in [0.2, 0.25) is 11.8 Å². The first-order valence-electron chi connectivity index (χ1n) is 8.17. The number of benzene rings is 1. The Hall–Kier alpha value is -2.22. The van der Waals surface area contributed by atoms with E-state index in [2.05, 4.69) is 5.32 Å². The predicted molar refractivity (Wildman–Crippen MR) is 92.4 cm³/mol. The topological polar surface area (TPSA) is 95.9 Å². The molecule has 1 aromatic rings. The molecular formula is C17H20N2O5S. The van der Waals surface area contributed by atoms with Crippen molar-refractivity contribution in [3.05, 3.63) is 29.3 Å². The molecule has 0 saturated carbocycles. The molecular weight excluding hydrogens is 344 g/mol. The lowest BCUT2D eigenvalue weighted by Crippen LogP contribution is -2.49. The van der Waals surface area contributed by atoms with Crippen molar-refractivity contribution in [3.63, 3.8) is 0 Å². The van der Waals surface area contributed by atoms with Crippen LogP contribution in [0.1, 0.15) is 30.5 Å². The number of ether oxygens (including phenoxy) is 1. The maximum absolute atomic E-state index is 12.6. The van der Waals surface area contributed by atoms with Crippen molar-refractivity contribution in [2.45, 2.75) is 31.8 Å². The average Bonchev–Trinajstić information content (AvgIpc) is 3.26. The van der Waals surface area contributed by atoms with Crippen molar-refractivity contribution < 1.29 is 24.2 Å². The Balaban J connectivity index is 1.77. The Labute approximate surface area is 149 Å². The van der Waals surface area contributed by atoms with Gasteiger partial charge in [-0.2, -0.15) is 0 Å². The maximum atomic E-state index is 12.6. The molecule has 2 atom stereocenters. The van der Waals surface area contributed by atoms with Gasteiger partial charge in [0.1, 0.15) is 11.8 Å². The van der Waals surface area contributed by atoms with Crippen LogP contribution < -0.4 is 10.1 Å². The first kappa shape index (κ1) is 17.6. The quantitative estimate of drug-likeness (QED) is 0.814. The van der Waals surface area contributed by atoms with Gasteiger partial charge in [0, 0.05) is 18.6 Å². The van der Waals surface area contributed by atoms with E-state index in [9.17, 15) is 19.5 Å². The van der Waals surface area contributed by atoms with Crippen molar-refractivity contribution in [2.24, 2.45) is 0 Å². The minimum atomic E-state index is -1.15. The lowest BCUT2D eigenvalue weighted by Gasteiger charge is -2.24. The zero-order valence-corrected chi connectivity index (χ0v) is 14.7. The zero-order chi connectivity index (χ0) is 18.0. The standard InChI is InChI=1S/C17H20N2O5S/c1-2-14(20)19-9-25-8-12(19)16(21)18-15(17(22)23)11-3-4-13-10(7-11)5-6-24-13/h3-4,7,12,15H,2,5-6,8-9H2,1H3,(H,18,21)(H,22,23). The number of aliphatic carboxylic acids is 1. The van der Waals surface area contributed by atoms with Crippen molar-refractivity contribution in [1.82, 2.24) is 10.2 Å². The molecule has 0 aromatic heterocycles. The van der Waals surface area contributed by atoms with E-state index < -0.39 is 24.0 Å². The molecule has 0 spiro atoms. The summed E-state index contributed by atoms with van der Waals surface area (Å²) in [7, 11) is 0. The second-order valence-corrected chi connectivity index (χ2v) is 6.98. The molecule has 0 radical (unpaired) electrons. The summed E-state index contributed by atoms with van der Waals surface area (Å²) in [6.45, 7) is 2.32. The van der Waals surface area contributed by atoms with E-state index in [1.807, 2.05) is 0 Å². The molecule has 0 bridgehead atoms. The number of carbonyl (C=O) groups is 3. The molecule has 2 heterocycles. The van der Waals surface area contributed by atoms with Crippen LogP contribution in [0.4, 0.5) is 0 Å². The molecule has 2 N–H and O–H groups in total. The number of nitrogens with zero attached hydrogens (tertiary/aromatic N) is 1. The molecule has 7 nitrogen and oxygen atoms in total. The molecule has 2 unspecified atom stereocenters. The molecule has 2 aliphatic heterocycles. The van der Waals surface area contributed by atoms with Gasteiger partial charge in [0.15, 0.2) is 6.04 Å². The monoisotopic (exact) mass is 364 g/mol. The summed E-state index contributed by atoms with van der Waals surface area (Å²) in [6, 6.07) is 3.37. The second kappa shape index (κ2) is 7.35. The van der Waals surface area contributed by atoms with E-state index in [-0.39, 0.29) is 5.91 Å². The third kappa shape index (κ3) is 3.58. The number of amides is 2. The highest BCUT2D eigenvalue weighted by atomic mass is 32.2. The molecule has 3 rings (SSSR count). The third-order valence-electron chi connectivity index (χ3n) is 4.39. The van der Waals surface area contributed by atoms with Crippen molar-refractivity contribution in [1.29, 1.82) is 0 Å². The zero-order valence-electron chi connectivity index (χ0n) is 13.9.